The van der Waals surface area contributed by atoms with Gasteiger partial charge in [-0.1, -0.05) is 0 Å². The van der Waals surface area contributed by atoms with Gasteiger partial charge in [0.05, 0.1) is 7.11 Å². The van der Waals surface area contributed by atoms with Crippen molar-refractivity contribution < 1.29 is 14.3 Å². The van der Waals surface area contributed by atoms with Gasteiger partial charge in [0.2, 0.25) is 0 Å². The van der Waals surface area contributed by atoms with Gasteiger partial charge in [-0.05, 0) is 37.1 Å². The van der Waals surface area contributed by atoms with Crippen LogP contribution in [-0.4, -0.2) is 13.1 Å². The van der Waals surface area contributed by atoms with Crippen LogP contribution in [0.2, 0.25) is 0 Å². The lowest BCUT2D eigenvalue weighted by Crippen LogP contribution is -2.03. The van der Waals surface area contributed by atoms with Gasteiger partial charge in [0.15, 0.2) is 0 Å². The number of ether oxygens (including phenoxy) is 2. The molecule has 1 aromatic carbocycles. The highest BCUT2D eigenvalue weighted by Crippen LogP contribution is 2.27. The van der Waals surface area contributed by atoms with Gasteiger partial charge < -0.3 is 9.47 Å². The van der Waals surface area contributed by atoms with E-state index in [1.807, 2.05) is 19.9 Å². The molecule has 14 heavy (non-hydrogen) atoms. The summed E-state index contributed by atoms with van der Waals surface area (Å²) < 4.78 is 10.2. The number of hydrogen-bond donors (Lipinski definition) is 0. The smallest absolute Gasteiger partial charge is 0.308 e. The van der Waals surface area contributed by atoms with Crippen molar-refractivity contribution in [2.75, 3.05) is 7.11 Å². The third-order valence-electron chi connectivity index (χ3n) is 1.95. The Bertz CT molecular complexity index is 356. The summed E-state index contributed by atoms with van der Waals surface area (Å²) in [6, 6.07) is 3.66. The average Bonchev–Trinajstić information content (AvgIpc) is 2.10. The molecule has 0 bridgehead atoms. The van der Waals surface area contributed by atoms with Crippen LogP contribution < -0.4 is 9.47 Å². The Morgan fingerprint density at radius 2 is 1.64 bits per heavy atom. The molecule has 0 aromatic heterocycles. The number of carbonyl (C=O) groups is 1. The molecule has 0 aliphatic carbocycles. The first-order chi connectivity index (χ1) is 6.54. The summed E-state index contributed by atoms with van der Waals surface area (Å²) in [5, 5.41) is 0. The van der Waals surface area contributed by atoms with Crippen LogP contribution >= 0.6 is 0 Å². The standard InChI is InChI=1S/C11H14O3/c1-7-6-11(14-9(3)12)8(2)5-10(7)13-4/h5-6H,1-4H3. The van der Waals surface area contributed by atoms with Crippen LogP contribution in [0, 0.1) is 13.8 Å². The van der Waals surface area contributed by atoms with Crippen molar-refractivity contribution in [1.29, 1.82) is 0 Å². The first-order valence-electron chi connectivity index (χ1n) is 4.38. The van der Waals surface area contributed by atoms with Crippen LogP contribution in [0.1, 0.15) is 18.1 Å². The summed E-state index contributed by atoms with van der Waals surface area (Å²) in [7, 11) is 1.62. The second-order valence-corrected chi connectivity index (χ2v) is 3.18. The van der Waals surface area contributed by atoms with Gasteiger partial charge in [-0.2, -0.15) is 0 Å². The molecule has 0 fully saturated rings. The minimum atomic E-state index is -0.308. The second kappa shape index (κ2) is 4.13. The summed E-state index contributed by atoms with van der Waals surface area (Å²) in [6.07, 6.45) is 0. The topological polar surface area (TPSA) is 35.5 Å². The Hall–Kier alpha value is -1.51. The van der Waals surface area contributed by atoms with Crippen LogP contribution in [0.3, 0.4) is 0 Å². The van der Waals surface area contributed by atoms with E-state index >= 15 is 0 Å². The highest BCUT2D eigenvalue weighted by molar-refractivity contribution is 5.70. The lowest BCUT2D eigenvalue weighted by molar-refractivity contribution is -0.131. The molecule has 0 saturated carbocycles. The molecule has 1 rings (SSSR count). The normalized spacial score (nSPS) is 9.71. The third-order valence-corrected chi connectivity index (χ3v) is 1.95. The maximum absolute atomic E-state index is 10.8. The Kier molecular flexibility index (Phi) is 3.12. The van der Waals surface area contributed by atoms with Gasteiger partial charge in [-0.15, -0.1) is 0 Å². The second-order valence-electron chi connectivity index (χ2n) is 3.18. The van der Waals surface area contributed by atoms with Gasteiger partial charge in [0.25, 0.3) is 0 Å². The predicted molar refractivity (Wildman–Crippen MR) is 53.8 cm³/mol. The van der Waals surface area contributed by atoms with Crippen molar-refractivity contribution >= 4 is 5.97 Å². The fourth-order valence-electron chi connectivity index (χ4n) is 1.25. The zero-order valence-corrected chi connectivity index (χ0v) is 8.88. The molecule has 0 heterocycles. The molecule has 0 N–H and O–H groups in total. The molecule has 1 aromatic rings. The van der Waals surface area contributed by atoms with Crippen LogP contribution in [0.25, 0.3) is 0 Å². The number of methoxy groups -OCH3 is 1. The Labute approximate surface area is 83.6 Å². The molecule has 0 radical (unpaired) electrons. The maximum Gasteiger partial charge on any atom is 0.308 e. The molecule has 0 unspecified atom stereocenters. The van der Waals surface area contributed by atoms with Crippen LogP contribution in [0.15, 0.2) is 12.1 Å². The van der Waals surface area contributed by atoms with E-state index in [4.69, 9.17) is 9.47 Å². The molecule has 76 valence electrons. The molecule has 0 aliphatic rings. The van der Waals surface area contributed by atoms with E-state index < -0.39 is 0 Å². The minimum absolute atomic E-state index is 0.308. The molecule has 0 saturated heterocycles. The number of benzene rings is 1. The number of hydrogen-bond acceptors (Lipinski definition) is 3. The first-order valence-corrected chi connectivity index (χ1v) is 4.38. The fraction of sp³-hybridized carbons (Fsp3) is 0.364. The van der Waals surface area contributed by atoms with Gasteiger partial charge in [0, 0.05) is 6.92 Å². The monoisotopic (exact) mass is 194 g/mol. The van der Waals surface area contributed by atoms with Crippen molar-refractivity contribution in [2.24, 2.45) is 0 Å². The molecule has 3 heteroatoms. The quantitative estimate of drug-likeness (QED) is 0.535. The van der Waals surface area contributed by atoms with E-state index in [2.05, 4.69) is 0 Å². The Morgan fingerprint density at radius 1 is 1.14 bits per heavy atom. The number of esters is 1. The number of aryl methyl sites for hydroxylation is 2. The molecule has 0 amide bonds. The van der Waals surface area contributed by atoms with E-state index in [-0.39, 0.29) is 5.97 Å². The lowest BCUT2D eigenvalue weighted by Gasteiger charge is -2.10. The zero-order chi connectivity index (χ0) is 10.7. The molecule has 3 nitrogen and oxygen atoms in total. The van der Waals surface area contributed by atoms with E-state index in [1.54, 1.807) is 13.2 Å². The van der Waals surface area contributed by atoms with Gasteiger partial charge in [0.1, 0.15) is 11.5 Å². The van der Waals surface area contributed by atoms with Gasteiger partial charge >= 0.3 is 5.97 Å². The molecular formula is C11H14O3. The number of rotatable bonds is 2. The SMILES string of the molecule is COc1cc(C)c(OC(C)=O)cc1C. The maximum atomic E-state index is 10.8. The highest BCUT2D eigenvalue weighted by Gasteiger charge is 2.07. The first kappa shape index (κ1) is 10.6. The minimum Gasteiger partial charge on any atom is -0.496 e. The van der Waals surface area contributed by atoms with Crippen molar-refractivity contribution in [3.8, 4) is 11.5 Å². The highest BCUT2D eigenvalue weighted by atomic mass is 16.5. The zero-order valence-electron chi connectivity index (χ0n) is 8.88. The van der Waals surface area contributed by atoms with Gasteiger partial charge in [-0.3, -0.25) is 4.79 Å². The van der Waals surface area contributed by atoms with Gasteiger partial charge in [-0.25, -0.2) is 0 Å². The summed E-state index contributed by atoms with van der Waals surface area (Å²) >= 11 is 0. The van der Waals surface area contributed by atoms with Crippen molar-refractivity contribution in [3.63, 3.8) is 0 Å². The largest absolute Gasteiger partial charge is 0.496 e. The van der Waals surface area contributed by atoms with Crippen molar-refractivity contribution in [3.05, 3.63) is 23.3 Å². The molecule has 0 atom stereocenters. The molecule has 0 spiro atoms. The van der Waals surface area contributed by atoms with Crippen LogP contribution in [-0.2, 0) is 4.79 Å². The predicted octanol–water partition coefficient (Wildman–Crippen LogP) is 2.24. The summed E-state index contributed by atoms with van der Waals surface area (Å²) in [4.78, 5) is 10.8. The summed E-state index contributed by atoms with van der Waals surface area (Å²) in [6.45, 7) is 5.17. The van der Waals surface area contributed by atoms with E-state index in [0.717, 1.165) is 16.9 Å². The summed E-state index contributed by atoms with van der Waals surface area (Å²) in [5.41, 5.74) is 1.84. The van der Waals surface area contributed by atoms with E-state index in [1.165, 1.54) is 6.92 Å². The fourth-order valence-corrected chi connectivity index (χ4v) is 1.25. The Balaban J connectivity index is 3.08. The van der Waals surface area contributed by atoms with E-state index in [9.17, 15) is 4.79 Å². The summed E-state index contributed by atoms with van der Waals surface area (Å²) in [5.74, 6) is 1.09. The third kappa shape index (κ3) is 2.25. The lowest BCUT2D eigenvalue weighted by atomic mass is 10.1. The van der Waals surface area contributed by atoms with Crippen molar-refractivity contribution in [1.82, 2.24) is 0 Å². The van der Waals surface area contributed by atoms with Crippen molar-refractivity contribution in [2.45, 2.75) is 20.8 Å². The van der Waals surface area contributed by atoms with Crippen LogP contribution in [0.5, 0.6) is 11.5 Å². The Morgan fingerprint density at radius 3 is 2.14 bits per heavy atom. The number of carbonyl (C=O) groups excluding carboxylic acids is 1. The van der Waals surface area contributed by atoms with E-state index in [0.29, 0.717) is 5.75 Å². The molecule has 0 aliphatic heterocycles. The average molecular weight is 194 g/mol. The molecular weight excluding hydrogens is 180 g/mol. The van der Waals surface area contributed by atoms with Crippen LogP contribution in [0.4, 0.5) is 0 Å².